The number of nitrogens with zero attached hydrogens (tertiary/aromatic N) is 1. The topological polar surface area (TPSA) is 199 Å². The molecule has 7 N–H and O–H groups in total. The van der Waals surface area contributed by atoms with Crippen molar-refractivity contribution in [2.24, 2.45) is 11.7 Å². The van der Waals surface area contributed by atoms with Gasteiger partial charge in [-0.1, -0.05) is 13.8 Å². The molecule has 1 aliphatic heterocycles. The van der Waals surface area contributed by atoms with E-state index in [1.54, 1.807) is 13.8 Å². The van der Waals surface area contributed by atoms with Crippen molar-refractivity contribution in [3.05, 3.63) is 0 Å². The van der Waals surface area contributed by atoms with Gasteiger partial charge in [-0.3, -0.25) is 19.2 Å². The lowest BCUT2D eigenvalue weighted by molar-refractivity contribution is -0.145. The maximum absolute atomic E-state index is 12.7. The van der Waals surface area contributed by atoms with Crippen LogP contribution in [0.15, 0.2) is 0 Å². The van der Waals surface area contributed by atoms with Crippen LogP contribution in [0, 0.1) is 5.92 Å². The van der Waals surface area contributed by atoms with Crippen molar-refractivity contribution in [1.29, 1.82) is 0 Å². The summed E-state index contributed by atoms with van der Waals surface area (Å²) >= 11 is 0. The molecule has 1 fully saturated rings. The van der Waals surface area contributed by atoms with Crippen LogP contribution >= 0.6 is 0 Å². The molecule has 0 aromatic carbocycles. The summed E-state index contributed by atoms with van der Waals surface area (Å²) in [5.41, 5.74) is 5.66. The van der Waals surface area contributed by atoms with Crippen LogP contribution in [0.4, 0.5) is 0 Å². The number of carbonyl (C=O) groups is 5. The minimum absolute atomic E-state index is 0.224. The van der Waals surface area contributed by atoms with E-state index in [-0.39, 0.29) is 13.0 Å². The summed E-state index contributed by atoms with van der Waals surface area (Å²) in [6, 6.07) is -5.00. The van der Waals surface area contributed by atoms with Crippen LogP contribution in [0.25, 0.3) is 0 Å². The van der Waals surface area contributed by atoms with Crippen molar-refractivity contribution >= 4 is 29.7 Å². The van der Waals surface area contributed by atoms with Crippen LogP contribution in [0.5, 0.6) is 0 Å². The zero-order valence-electron chi connectivity index (χ0n) is 17.2. The molecule has 170 valence electrons. The van der Waals surface area contributed by atoms with Crippen LogP contribution in [-0.2, 0) is 24.0 Å². The van der Waals surface area contributed by atoms with Gasteiger partial charge in [0.05, 0.1) is 12.5 Å². The largest absolute Gasteiger partial charge is 0.481 e. The van der Waals surface area contributed by atoms with Gasteiger partial charge in [0.1, 0.15) is 24.2 Å². The Morgan fingerprint density at radius 1 is 1.10 bits per heavy atom. The van der Waals surface area contributed by atoms with Crippen molar-refractivity contribution in [3.8, 4) is 0 Å². The van der Waals surface area contributed by atoms with E-state index < -0.39 is 72.3 Å². The lowest BCUT2D eigenvalue weighted by atomic mass is 10.0. The normalized spacial score (nSPS) is 20.2. The minimum Gasteiger partial charge on any atom is -0.481 e. The maximum Gasteiger partial charge on any atom is 0.326 e. The van der Waals surface area contributed by atoms with Gasteiger partial charge in [0.25, 0.3) is 0 Å². The fourth-order valence-electron chi connectivity index (χ4n) is 3.12. The first kappa shape index (κ1) is 25.3. The number of likely N-dealkylation sites (tertiary alicyclic amines) is 1. The highest BCUT2D eigenvalue weighted by molar-refractivity contribution is 5.96. The Hall–Kier alpha value is -2.73. The minimum atomic E-state index is -1.53. The Morgan fingerprint density at radius 3 is 2.17 bits per heavy atom. The van der Waals surface area contributed by atoms with Gasteiger partial charge in [0, 0.05) is 6.54 Å². The van der Waals surface area contributed by atoms with Gasteiger partial charge >= 0.3 is 11.9 Å². The molecule has 1 saturated heterocycles. The Labute approximate surface area is 173 Å². The molecular formula is C18H30N4O8. The number of amides is 3. The Bertz CT molecular complexity index is 681. The molecule has 12 nitrogen and oxygen atoms in total. The molecule has 3 amide bonds. The summed E-state index contributed by atoms with van der Waals surface area (Å²) in [7, 11) is 0. The number of aliphatic hydroxyl groups is 1. The number of hydrogen-bond acceptors (Lipinski definition) is 7. The SMILES string of the molecule is CC(C)C(NC(=O)C(CC(=O)O)NC(=O)C1CCCN1C(=O)C(N)C(C)O)C(=O)O. The maximum atomic E-state index is 12.7. The van der Waals surface area contributed by atoms with Gasteiger partial charge in [0.2, 0.25) is 17.7 Å². The summed E-state index contributed by atoms with van der Waals surface area (Å²) in [4.78, 5) is 61.2. The summed E-state index contributed by atoms with van der Waals surface area (Å²) in [6.45, 7) is 4.70. The van der Waals surface area contributed by atoms with Crippen molar-refractivity contribution in [2.75, 3.05) is 6.54 Å². The second kappa shape index (κ2) is 10.9. The molecule has 0 bridgehead atoms. The number of nitrogens with one attached hydrogen (secondary N) is 2. The Morgan fingerprint density at radius 2 is 1.70 bits per heavy atom. The smallest absolute Gasteiger partial charge is 0.326 e. The molecule has 12 heteroatoms. The lowest BCUT2D eigenvalue weighted by Crippen LogP contribution is -2.58. The van der Waals surface area contributed by atoms with E-state index in [1.165, 1.54) is 11.8 Å². The average Bonchev–Trinajstić information content (AvgIpc) is 3.12. The van der Waals surface area contributed by atoms with E-state index in [1.807, 2.05) is 0 Å². The molecule has 1 heterocycles. The predicted molar refractivity (Wildman–Crippen MR) is 103 cm³/mol. The predicted octanol–water partition coefficient (Wildman–Crippen LogP) is -2.13. The van der Waals surface area contributed by atoms with E-state index in [0.29, 0.717) is 6.42 Å². The van der Waals surface area contributed by atoms with Crippen LogP contribution < -0.4 is 16.4 Å². The van der Waals surface area contributed by atoms with Crippen LogP contribution in [0.2, 0.25) is 0 Å². The monoisotopic (exact) mass is 430 g/mol. The van der Waals surface area contributed by atoms with E-state index >= 15 is 0 Å². The van der Waals surface area contributed by atoms with Crippen molar-refractivity contribution < 1.29 is 39.3 Å². The number of aliphatic hydroxyl groups excluding tert-OH is 1. The van der Waals surface area contributed by atoms with Crippen molar-refractivity contribution in [2.45, 2.75) is 70.3 Å². The van der Waals surface area contributed by atoms with Gasteiger partial charge in [-0.2, -0.15) is 0 Å². The standard InChI is InChI=1S/C18H30N4O8/c1-8(2)14(18(29)30)21-15(26)10(7-12(24)25)20-16(27)11-5-4-6-22(11)17(28)13(19)9(3)23/h8-11,13-14,23H,4-7,19H2,1-3H3,(H,20,27)(H,21,26)(H,24,25)(H,29,30). The summed E-state index contributed by atoms with van der Waals surface area (Å²) in [5.74, 6) is -5.48. The van der Waals surface area contributed by atoms with E-state index in [4.69, 9.17) is 10.8 Å². The number of carboxylic acids is 2. The molecular weight excluding hydrogens is 400 g/mol. The lowest BCUT2D eigenvalue weighted by Gasteiger charge is -2.29. The molecule has 1 aliphatic rings. The zero-order valence-corrected chi connectivity index (χ0v) is 17.2. The molecule has 5 atom stereocenters. The molecule has 5 unspecified atom stereocenters. The summed E-state index contributed by atoms with van der Waals surface area (Å²) in [6.07, 6.45) is -1.14. The van der Waals surface area contributed by atoms with E-state index in [0.717, 1.165) is 0 Å². The van der Waals surface area contributed by atoms with Gasteiger partial charge in [-0.25, -0.2) is 4.79 Å². The molecule has 30 heavy (non-hydrogen) atoms. The fraction of sp³-hybridized carbons (Fsp3) is 0.722. The third-order valence-electron chi connectivity index (χ3n) is 4.89. The number of carboxylic acid groups (broad SMARTS) is 2. The van der Waals surface area contributed by atoms with Crippen LogP contribution in [0.1, 0.15) is 40.0 Å². The zero-order chi connectivity index (χ0) is 23.2. The quantitative estimate of drug-likeness (QED) is 0.224. The average molecular weight is 430 g/mol. The molecule has 1 rings (SSSR count). The number of carbonyl (C=O) groups excluding carboxylic acids is 3. The Balaban J connectivity index is 2.94. The first-order valence-corrected chi connectivity index (χ1v) is 9.66. The third-order valence-corrected chi connectivity index (χ3v) is 4.89. The van der Waals surface area contributed by atoms with Crippen molar-refractivity contribution in [1.82, 2.24) is 15.5 Å². The molecule has 0 radical (unpaired) electrons. The van der Waals surface area contributed by atoms with Gasteiger partial charge in [0.15, 0.2) is 0 Å². The second-order valence-corrected chi connectivity index (χ2v) is 7.68. The van der Waals surface area contributed by atoms with E-state index in [9.17, 15) is 34.2 Å². The van der Waals surface area contributed by atoms with Crippen molar-refractivity contribution in [3.63, 3.8) is 0 Å². The number of aliphatic carboxylic acids is 2. The third kappa shape index (κ3) is 6.66. The fourth-order valence-corrected chi connectivity index (χ4v) is 3.12. The molecule has 0 aliphatic carbocycles. The second-order valence-electron chi connectivity index (χ2n) is 7.68. The summed E-state index contributed by atoms with van der Waals surface area (Å²) < 4.78 is 0. The summed E-state index contributed by atoms with van der Waals surface area (Å²) in [5, 5.41) is 32.4. The highest BCUT2D eigenvalue weighted by atomic mass is 16.4. The first-order valence-electron chi connectivity index (χ1n) is 9.66. The van der Waals surface area contributed by atoms with Gasteiger partial charge in [-0.15, -0.1) is 0 Å². The molecule has 0 aromatic rings. The Kier molecular flexibility index (Phi) is 9.18. The molecule has 0 aromatic heterocycles. The van der Waals surface area contributed by atoms with Gasteiger partial charge in [-0.05, 0) is 25.7 Å². The number of hydrogen-bond donors (Lipinski definition) is 6. The molecule has 0 saturated carbocycles. The molecule has 0 spiro atoms. The number of nitrogens with two attached hydrogens (primary N) is 1. The van der Waals surface area contributed by atoms with Crippen LogP contribution in [0.3, 0.4) is 0 Å². The highest BCUT2D eigenvalue weighted by Crippen LogP contribution is 2.19. The van der Waals surface area contributed by atoms with Crippen LogP contribution in [-0.4, -0.2) is 86.7 Å². The van der Waals surface area contributed by atoms with E-state index in [2.05, 4.69) is 10.6 Å². The first-order chi connectivity index (χ1) is 13.9. The van der Waals surface area contributed by atoms with Gasteiger partial charge < -0.3 is 36.6 Å². The number of rotatable bonds is 10. The highest BCUT2D eigenvalue weighted by Gasteiger charge is 2.39.